The highest BCUT2D eigenvalue weighted by Gasteiger charge is 2.23. The third kappa shape index (κ3) is 3.40. The molecule has 0 aromatic heterocycles. The maximum Gasteiger partial charge on any atom is 0.0850 e. The second-order valence-corrected chi connectivity index (χ2v) is 6.52. The number of ether oxygens (including phenoxy) is 2. The highest BCUT2D eigenvalue weighted by molar-refractivity contribution is 5.35. The van der Waals surface area contributed by atoms with E-state index in [0.29, 0.717) is 18.1 Å². The van der Waals surface area contributed by atoms with Gasteiger partial charge in [0, 0.05) is 18.8 Å². The molecule has 2 atom stereocenters. The van der Waals surface area contributed by atoms with Crippen LogP contribution in [0.1, 0.15) is 35.1 Å². The van der Waals surface area contributed by atoms with E-state index in [4.69, 9.17) is 9.47 Å². The standard InChI is InChI=1S/C20H22O2/c1-14(17-6-2-15(3-7-17)10-19-12-21-19)18-8-4-16(5-9-18)11-20-13-22-20/h2-9,14,19-20H,10-13H2,1H3. The molecular weight excluding hydrogens is 272 g/mol. The lowest BCUT2D eigenvalue weighted by Crippen LogP contribution is -1.99. The van der Waals surface area contributed by atoms with Crippen LogP contribution in [0.2, 0.25) is 0 Å². The summed E-state index contributed by atoms with van der Waals surface area (Å²) < 4.78 is 10.6. The largest absolute Gasteiger partial charge is 0.373 e. The van der Waals surface area contributed by atoms with Crippen molar-refractivity contribution in [2.24, 2.45) is 0 Å². The molecule has 2 heteroatoms. The van der Waals surface area contributed by atoms with Gasteiger partial charge in [-0.05, 0) is 22.3 Å². The van der Waals surface area contributed by atoms with Crippen molar-refractivity contribution in [1.82, 2.24) is 0 Å². The summed E-state index contributed by atoms with van der Waals surface area (Å²) in [6, 6.07) is 18.0. The molecule has 2 heterocycles. The SMILES string of the molecule is CC(c1ccc(CC2CO2)cc1)c1ccc(CC2CO2)cc1. The van der Waals surface area contributed by atoms with Crippen LogP contribution in [0.3, 0.4) is 0 Å². The van der Waals surface area contributed by atoms with Crippen molar-refractivity contribution in [2.45, 2.75) is 37.9 Å². The fourth-order valence-corrected chi connectivity index (χ4v) is 2.97. The Bertz CT molecular complexity index is 564. The lowest BCUT2D eigenvalue weighted by atomic mass is 9.91. The second kappa shape index (κ2) is 5.86. The first-order valence-corrected chi connectivity index (χ1v) is 8.19. The van der Waals surface area contributed by atoms with E-state index in [2.05, 4.69) is 55.5 Å². The van der Waals surface area contributed by atoms with Crippen LogP contribution in [0.4, 0.5) is 0 Å². The van der Waals surface area contributed by atoms with Gasteiger partial charge >= 0.3 is 0 Å². The zero-order chi connectivity index (χ0) is 14.9. The summed E-state index contributed by atoms with van der Waals surface area (Å²) in [5.74, 6) is 0.428. The van der Waals surface area contributed by atoms with E-state index in [1.165, 1.54) is 22.3 Å². The van der Waals surface area contributed by atoms with Crippen LogP contribution >= 0.6 is 0 Å². The van der Waals surface area contributed by atoms with Crippen LogP contribution in [0.15, 0.2) is 48.5 Å². The van der Waals surface area contributed by atoms with E-state index in [9.17, 15) is 0 Å². The van der Waals surface area contributed by atoms with Crippen LogP contribution in [0.25, 0.3) is 0 Å². The first-order chi connectivity index (χ1) is 10.8. The lowest BCUT2D eigenvalue weighted by Gasteiger charge is -2.14. The van der Waals surface area contributed by atoms with Gasteiger partial charge in [0.05, 0.1) is 25.4 Å². The molecule has 0 bridgehead atoms. The molecule has 22 heavy (non-hydrogen) atoms. The molecular formula is C20H22O2. The lowest BCUT2D eigenvalue weighted by molar-refractivity contribution is 0.407. The quantitative estimate of drug-likeness (QED) is 0.759. The Morgan fingerprint density at radius 2 is 1.14 bits per heavy atom. The molecule has 0 aliphatic carbocycles. The van der Waals surface area contributed by atoms with Crippen molar-refractivity contribution in [3.63, 3.8) is 0 Å². The molecule has 2 aliphatic rings. The molecule has 2 aliphatic heterocycles. The Morgan fingerprint density at radius 1 is 0.773 bits per heavy atom. The minimum absolute atomic E-state index is 0.428. The van der Waals surface area contributed by atoms with Crippen molar-refractivity contribution < 1.29 is 9.47 Å². The zero-order valence-corrected chi connectivity index (χ0v) is 13.0. The van der Waals surface area contributed by atoms with Crippen LogP contribution in [-0.4, -0.2) is 25.4 Å². The first-order valence-electron chi connectivity index (χ1n) is 8.19. The van der Waals surface area contributed by atoms with E-state index in [1.54, 1.807) is 0 Å². The monoisotopic (exact) mass is 294 g/mol. The molecule has 0 radical (unpaired) electrons. The van der Waals surface area contributed by atoms with Crippen molar-refractivity contribution in [3.05, 3.63) is 70.8 Å². The third-order valence-electron chi connectivity index (χ3n) is 4.69. The summed E-state index contributed by atoms with van der Waals surface area (Å²) in [6.07, 6.45) is 3.02. The minimum Gasteiger partial charge on any atom is -0.373 e. The summed E-state index contributed by atoms with van der Waals surface area (Å²) in [5, 5.41) is 0. The van der Waals surface area contributed by atoms with Crippen molar-refractivity contribution in [2.75, 3.05) is 13.2 Å². The van der Waals surface area contributed by atoms with Crippen molar-refractivity contribution in [1.29, 1.82) is 0 Å². The number of hydrogen-bond donors (Lipinski definition) is 0. The van der Waals surface area contributed by atoms with Gasteiger partial charge in [0.15, 0.2) is 0 Å². The Labute approximate surface area is 132 Å². The normalized spacial score (nSPS) is 24.0. The Hall–Kier alpha value is -1.64. The molecule has 0 spiro atoms. The Morgan fingerprint density at radius 3 is 1.45 bits per heavy atom. The van der Waals surface area contributed by atoms with E-state index in [-0.39, 0.29) is 0 Å². The van der Waals surface area contributed by atoms with Crippen LogP contribution in [0.5, 0.6) is 0 Å². The van der Waals surface area contributed by atoms with Gasteiger partial charge in [0.25, 0.3) is 0 Å². The molecule has 0 N–H and O–H groups in total. The molecule has 2 saturated heterocycles. The smallest absolute Gasteiger partial charge is 0.0850 e. The number of benzene rings is 2. The molecule has 2 nitrogen and oxygen atoms in total. The van der Waals surface area contributed by atoms with E-state index in [0.717, 1.165) is 26.1 Å². The topological polar surface area (TPSA) is 25.1 Å². The van der Waals surface area contributed by atoms with Gasteiger partial charge < -0.3 is 9.47 Å². The van der Waals surface area contributed by atoms with Gasteiger partial charge in [-0.2, -0.15) is 0 Å². The van der Waals surface area contributed by atoms with Gasteiger partial charge in [0.1, 0.15) is 0 Å². The van der Waals surface area contributed by atoms with Crippen LogP contribution in [0, 0.1) is 0 Å². The molecule has 114 valence electrons. The fraction of sp³-hybridized carbons (Fsp3) is 0.400. The number of rotatable bonds is 6. The highest BCUT2D eigenvalue weighted by Crippen LogP contribution is 2.26. The highest BCUT2D eigenvalue weighted by atomic mass is 16.6. The van der Waals surface area contributed by atoms with Crippen molar-refractivity contribution in [3.8, 4) is 0 Å². The molecule has 2 fully saturated rings. The van der Waals surface area contributed by atoms with Gasteiger partial charge in [-0.1, -0.05) is 55.5 Å². The van der Waals surface area contributed by atoms with Gasteiger partial charge in [0.2, 0.25) is 0 Å². The van der Waals surface area contributed by atoms with Crippen molar-refractivity contribution >= 4 is 0 Å². The molecule has 2 aromatic carbocycles. The van der Waals surface area contributed by atoms with Gasteiger partial charge in [-0.25, -0.2) is 0 Å². The number of epoxide rings is 2. The molecule has 0 saturated carbocycles. The van der Waals surface area contributed by atoms with E-state index >= 15 is 0 Å². The first kappa shape index (κ1) is 14.0. The van der Waals surface area contributed by atoms with Crippen LogP contribution in [-0.2, 0) is 22.3 Å². The predicted octanol–water partition coefficient (Wildman–Crippen LogP) is 3.72. The molecule has 2 unspecified atom stereocenters. The second-order valence-electron chi connectivity index (χ2n) is 6.52. The third-order valence-corrected chi connectivity index (χ3v) is 4.69. The Kier molecular flexibility index (Phi) is 3.73. The Balaban J connectivity index is 1.43. The maximum atomic E-state index is 5.29. The predicted molar refractivity (Wildman–Crippen MR) is 87.3 cm³/mol. The minimum atomic E-state index is 0.428. The van der Waals surface area contributed by atoms with Crippen LogP contribution < -0.4 is 0 Å². The zero-order valence-electron chi connectivity index (χ0n) is 13.0. The summed E-state index contributed by atoms with van der Waals surface area (Å²) in [6.45, 7) is 4.13. The van der Waals surface area contributed by atoms with Gasteiger partial charge in [-0.3, -0.25) is 0 Å². The summed E-state index contributed by atoms with van der Waals surface area (Å²) in [5.41, 5.74) is 5.49. The maximum absolute atomic E-state index is 5.29. The molecule has 0 amide bonds. The average molecular weight is 294 g/mol. The van der Waals surface area contributed by atoms with E-state index < -0.39 is 0 Å². The fourth-order valence-electron chi connectivity index (χ4n) is 2.97. The average Bonchev–Trinajstić information content (AvgIpc) is 3.45. The summed E-state index contributed by atoms with van der Waals surface area (Å²) >= 11 is 0. The number of hydrogen-bond acceptors (Lipinski definition) is 2. The van der Waals surface area contributed by atoms with Gasteiger partial charge in [-0.15, -0.1) is 0 Å². The molecule has 2 aromatic rings. The van der Waals surface area contributed by atoms with E-state index in [1.807, 2.05) is 0 Å². The molecule has 4 rings (SSSR count). The summed E-state index contributed by atoms with van der Waals surface area (Å²) in [7, 11) is 0. The summed E-state index contributed by atoms with van der Waals surface area (Å²) in [4.78, 5) is 0.